The summed E-state index contributed by atoms with van der Waals surface area (Å²) in [6.07, 6.45) is 3.11. The molecule has 0 amide bonds. The average Bonchev–Trinajstić information content (AvgIpc) is 3.05. The van der Waals surface area contributed by atoms with E-state index in [0.717, 1.165) is 38.5 Å². The Morgan fingerprint density at radius 3 is 0.862 bits per heavy atom. The molecule has 16 heteroatoms. The molecule has 16 nitrogen and oxygen atoms in total. The summed E-state index contributed by atoms with van der Waals surface area (Å²) in [4.78, 5) is 40.5. The number of aliphatic hydroxyl groups excluding tert-OH is 3. The lowest BCUT2D eigenvalue weighted by Crippen LogP contribution is -2.64. The third kappa shape index (κ3) is 14.3. The number of nitrogens with zero attached hydrogens (tertiary/aromatic N) is 4. The van der Waals surface area contributed by atoms with Crippen LogP contribution in [-0.4, -0.2) is 144 Å². The van der Waals surface area contributed by atoms with Crippen molar-refractivity contribution in [3.05, 3.63) is 0 Å². The Hall–Kier alpha value is -1.99. The van der Waals surface area contributed by atoms with Crippen molar-refractivity contribution in [3.63, 3.8) is 0 Å². The minimum Gasteiger partial charge on any atom is -0.462 e. The highest BCUT2D eigenvalue weighted by atomic mass is 16.6. The van der Waals surface area contributed by atoms with Crippen LogP contribution in [0.4, 0.5) is 0 Å². The van der Waals surface area contributed by atoms with Crippen molar-refractivity contribution in [1.29, 1.82) is 0 Å². The number of hydrogen-bond acceptors (Lipinski definition) is 16. The molecule has 0 aromatic heterocycles. The maximum Gasteiger partial charge on any atom is 0.320 e. The molecule has 3 rings (SSSR count). The summed E-state index contributed by atoms with van der Waals surface area (Å²) in [6.45, 7) is 22.7. The molecule has 0 aliphatic carbocycles. The number of carbonyl (C=O) groups excluding carboxylic acids is 3. The molecule has 0 saturated carbocycles. The van der Waals surface area contributed by atoms with Crippen LogP contribution in [0.1, 0.15) is 141 Å². The fourth-order valence-electron chi connectivity index (χ4n) is 10.8. The lowest BCUT2D eigenvalue weighted by atomic mass is 9.73. The second-order valence-corrected chi connectivity index (χ2v) is 21.7. The minimum absolute atomic E-state index is 0.156. The van der Waals surface area contributed by atoms with Crippen LogP contribution in [0.5, 0.6) is 0 Å². The number of hydrogen-bond donors (Lipinski definition) is 6. The van der Waals surface area contributed by atoms with Crippen molar-refractivity contribution < 1.29 is 43.9 Å². The number of aliphatic hydroxyl groups is 3. The Kier molecular flexibility index (Phi) is 16.8. The molecule has 0 spiro atoms. The van der Waals surface area contributed by atoms with Crippen molar-refractivity contribution in [2.45, 2.75) is 192 Å². The van der Waals surface area contributed by atoms with Gasteiger partial charge in [0.05, 0.1) is 37.9 Å². The third-order valence-corrected chi connectivity index (χ3v) is 12.8. The molecule has 9 N–H and O–H groups in total. The zero-order valence-electron chi connectivity index (χ0n) is 37.9. The molecule has 0 aromatic rings. The van der Waals surface area contributed by atoms with Gasteiger partial charge in [-0.3, -0.25) is 36.8 Å². The van der Waals surface area contributed by atoms with Crippen molar-refractivity contribution in [3.8, 4) is 0 Å². The van der Waals surface area contributed by atoms with Crippen molar-refractivity contribution >= 4 is 17.9 Å². The minimum atomic E-state index is -0.919. The summed E-state index contributed by atoms with van der Waals surface area (Å²) in [7, 11) is 0. The second-order valence-electron chi connectivity index (χ2n) is 21.7. The maximum absolute atomic E-state index is 13.1. The van der Waals surface area contributed by atoms with E-state index in [9.17, 15) is 29.7 Å². The molecule has 58 heavy (non-hydrogen) atoms. The zero-order valence-corrected chi connectivity index (χ0v) is 37.9. The molecule has 3 heterocycles. The monoisotopic (exact) mass is 828 g/mol. The van der Waals surface area contributed by atoms with Crippen LogP contribution >= 0.6 is 0 Å². The quantitative estimate of drug-likeness (QED) is 0.0663. The number of rotatable bonds is 18. The molecule has 0 bridgehead atoms. The summed E-state index contributed by atoms with van der Waals surface area (Å²) in [6, 6.07) is 0. The summed E-state index contributed by atoms with van der Waals surface area (Å²) in [5, 5.41) is 38.2. The zero-order chi connectivity index (χ0) is 44.2. The SMILES string of the molecule is CC1(C)CC(CC(O)COC(=O)CN(CC(=O)OCC(O)CC2CC(C)(C)N(N)C(C)(C)C2)CC(=O)OCC(O)CC2CC(C)(C)N(N)C(C)(C)C2)CC(C)(C)N1N. The first-order valence-electron chi connectivity index (χ1n) is 21.2. The van der Waals surface area contributed by atoms with Gasteiger partial charge in [0.2, 0.25) is 0 Å². The molecule has 3 fully saturated rings. The van der Waals surface area contributed by atoms with Crippen LogP contribution in [0.3, 0.4) is 0 Å². The molecule has 0 aromatic carbocycles. The van der Waals surface area contributed by atoms with Gasteiger partial charge < -0.3 is 29.5 Å². The van der Waals surface area contributed by atoms with Crippen LogP contribution in [0.15, 0.2) is 0 Å². The number of esters is 3. The highest BCUT2D eigenvalue weighted by molar-refractivity contribution is 5.78. The van der Waals surface area contributed by atoms with Crippen molar-refractivity contribution in [2.24, 2.45) is 35.3 Å². The Balaban J connectivity index is 1.57. The van der Waals surface area contributed by atoms with E-state index in [1.165, 1.54) is 4.90 Å². The molecule has 3 aliphatic heterocycles. The van der Waals surface area contributed by atoms with E-state index < -0.39 is 55.9 Å². The smallest absolute Gasteiger partial charge is 0.320 e. The predicted octanol–water partition coefficient (Wildman–Crippen LogP) is 2.60. The van der Waals surface area contributed by atoms with Gasteiger partial charge in [0, 0.05) is 33.2 Å². The lowest BCUT2D eigenvalue weighted by Gasteiger charge is -2.53. The van der Waals surface area contributed by atoms with Gasteiger partial charge in [0.25, 0.3) is 0 Å². The number of ether oxygens (including phenoxy) is 3. The van der Waals surface area contributed by atoms with Gasteiger partial charge in [-0.2, -0.15) is 0 Å². The summed E-state index contributed by atoms with van der Waals surface area (Å²) in [5.74, 6) is 17.4. The van der Waals surface area contributed by atoms with Crippen molar-refractivity contribution in [2.75, 3.05) is 39.5 Å². The van der Waals surface area contributed by atoms with E-state index in [1.54, 1.807) is 0 Å². The fraction of sp³-hybridized carbons (Fsp3) is 0.929. The van der Waals surface area contributed by atoms with E-state index in [-0.39, 0.29) is 70.8 Å². The average molecular weight is 828 g/mol. The first-order valence-corrected chi connectivity index (χ1v) is 21.2. The maximum atomic E-state index is 13.1. The molecule has 3 atom stereocenters. The molecule has 338 valence electrons. The Bertz CT molecular complexity index is 1170. The van der Waals surface area contributed by atoms with Crippen LogP contribution in [-0.2, 0) is 28.6 Å². The van der Waals surface area contributed by atoms with Crippen LogP contribution in [0, 0.1) is 17.8 Å². The Labute approximate surface area is 348 Å². The van der Waals surface area contributed by atoms with E-state index in [2.05, 4.69) is 83.1 Å². The molecule has 0 radical (unpaired) electrons. The first-order chi connectivity index (χ1) is 26.3. The Morgan fingerprint density at radius 2 is 0.672 bits per heavy atom. The van der Waals surface area contributed by atoms with E-state index in [4.69, 9.17) is 31.7 Å². The van der Waals surface area contributed by atoms with Gasteiger partial charge >= 0.3 is 17.9 Å². The standard InChI is InChI=1S/C42H81N7O9/c1-37(2)16-28(17-38(3,4)47(37)43)13-31(50)25-56-34(53)22-46(23-35(54)57-26-32(51)14-29-18-39(5,6)48(44)40(7,8)19-29)24-36(55)58-27-33(52)15-30-20-41(9,10)49(45)42(11,12)21-30/h28-33,50-52H,13-27,43-45H2,1-12H3. The largest absolute Gasteiger partial charge is 0.462 e. The molecule has 3 saturated heterocycles. The van der Waals surface area contributed by atoms with Gasteiger partial charge in [-0.15, -0.1) is 0 Å². The number of hydrazine groups is 3. The topological polar surface area (TPSA) is 231 Å². The van der Waals surface area contributed by atoms with Crippen LogP contribution < -0.4 is 17.5 Å². The number of piperidine rings is 3. The third-order valence-electron chi connectivity index (χ3n) is 12.8. The second kappa shape index (κ2) is 19.4. The highest BCUT2D eigenvalue weighted by Gasteiger charge is 2.46. The van der Waals surface area contributed by atoms with Gasteiger partial charge in [-0.1, -0.05) is 0 Å². The molecular formula is C42H81N7O9. The molecule has 3 aliphatic rings. The summed E-state index contributed by atoms with van der Waals surface area (Å²) >= 11 is 0. The normalized spacial score (nSPS) is 25.5. The first kappa shape index (κ1) is 50.4. The van der Waals surface area contributed by atoms with E-state index >= 15 is 0 Å². The van der Waals surface area contributed by atoms with Gasteiger partial charge in [-0.05, 0) is 159 Å². The summed E-state index contributed by atoms with van der Waals surface area (Å²) < 4.78 is 16.3. The Morgan fingerprint density at radius 1 is 0.483 bits per heavy atom. The van der Waals surface area contributed by atoms with Crippen LogP contribution in [0.25, 0.3) is 0 Å². The van der Waals surface area contributed by atoms with Gasteiger partial charge in [0.1, 0.15) is 19.8 Å². The number of nitrogens with two attached hydrogens (primary N) is 3. The fourth-order valence-corrected chi connectivity index (χ4v) is 10.8. The summed E-state index contributed by atoms with van der Waals surface area (Å²) in [5.41, 5.74) is -1.64. The predicted molar refractivity (Wildman–Crippen MR) is 222 cm³/mol. The van der Waals surface area contributed by atoms with Gasteiger partial charge in [-0.25, -0.2) is 15.0 Å². The molecule has 3 unspecified atom stereocenters. The highest BCUT2D eigenvalue weighted by Crippen LogP contribution is 2.43. The van der Waals surface area contributed by atoms with Gasteiger partial charge in [0.15, 0.2) is 0 Å². The van der Waals surface area contributed by atoms with E-state index in [0.29, 0.717) is 19.3 Å². The van der Waals surface area contributed by atoms with E-state index in [1.807, 2.05) is 15.0 Å². The lowest BCUT2D eigenvalue weighted by molar-refractivity contribution is -0.156. The molecular weight excluding hydrogens is 747 g/mol. The number of carbonyl (C=O) groups is 3. The van der Waals surface area contributed by atoms with Crippen LogP contribution in [0.2, 0.25) is 0 Å². The van der Waals surface area contributed by atoms with Crippen molar-refractivity contribution in [1.82, 2.24) is 19.9 Å².